The van der Waals surface area contributed by atoms with Crippen LogP contribution in [0.3, 0.4) is 0 Å². The Balaban J connectivity index is 1.75. The molecule has 1 atom stereocenters. The molecule has 1 aromatic carbocycles. The molecule has 2 amide bonds. The van der Waals surface area contributed by atoms with Gasteiger partial charge >= 0.3 is 0 Å². The molecule has 146 valence electrons. The number of pyridine rings is 1. The molecule has 0 saturated carbocycles. The average molecular weight is 399 g/mol. The molecule has 0 bridgehead atoms. The summed E-state index contributed by atoms with van der Waals surface area (Å²) < 4.78 is 1.64. The summed E-state index contributed by atoms with van der Waals surface area (Å²) in [4.78, 5) is 29.6. The van der Waals surface area contributed by atoms with Gasteiger partial charge in [0.15, 0.2) is 5.69 Å². The largest absolute Gasteiger partial charge is 0.349 e. The fourth-order valence-electron chi connectivity index (χ4n) is 2.81. The van der Waals surface area contributed by atoms with Crippen molar-refractivity contribution in [2.45, 2.75) is 32.7 Å². The average Bonchev–Trinajstić information content (AvgIpc) is 3.09. The Hall–Kier alpha value is -2.86. The zero-order valence-electron chi connectivity index (χ0n) is 15.9. The summed E-state index contributed by atoms with van der Waals surface area (Å²) in [5, 5.41) is 6.45. The van der Waals surface area contributed by atoms with E-state index in [9.17, 15) is 9.59 Å². The van der Waals surface area contributed by atoms with Crippen LogP contribution in [0.25, 0.3) is 5.52 Å². The lowest BCUT2D eigenvalue weighted by atomic mass is 10.1. The molecule has 0 spiro atoms. The topological polar surface area (TPSA) is 75.5 Å². The monoisotopic (exact) mass is 398 g/mol. The number of nitrogens with zero attached hydrogens (tertiary/aromatic N) is 2. The Bertz CT molecular complexity index is 982. The van der Waals surface area contributed by atoms with Gasteiger partial charge in [0.25, 0.3) is 11.8 Å². The van der Waals surface area contributed by atoms with Crippen molar-refractivity contribution in [1.82, 2.24) is 20.0 Å². The van der Waals surface area contributed by atoms with Crippen LogP contribution in [0, 0.1) is 0 Å². The van der Waals surface area contributed by atoms with Gasteiger partial charge in [-0.15, -0.1) is 0 Å². The molecule has 3 rings (SSSR count). The lowest BCUT2D eigenvalue weighted by Gasteiger charge is -2.09. The summed E-state index contributed by atoms with van der Waals surface area (Å²) in [5.74, 6) is -0.406. The Kier molecular flexibility index (Phi) is 6.31. The van der Waals surface area contributed by atoms with Gasteiger partial charge in [0.1, 0.15) is 0 Å². The van der Waals surface area contributed by atoms with Crippen LogP contribution in [0.1, 0.15) is 46.9 Å². The molecular weight excluding hydrogens is 376 g/mol. The van der Waals surface area contributed by atoms with E-state index in [0.717, 1.165) is 12.0 Å². The quantitative estimate of drug-likeness (QED) is 0.639. The van der Waals surface area contributed by atoms with Crippen molar-refractivity contribution in [1.29, 1.82) is 0 Å². The number of rotatable bonds is 7. The van der Waals surface area contributed by atoms with Gasteiger partial charge in [-0.05, 0) is 49.6 Å². The molecule has 0 saturated heterocycles. The number of imidazole rings is 1. The van der Waals surface area contributed by atoms with Crippen molar-refractivity contribution < 1.29 is 9.59 Å². The summed E-state index contributed by atoms with van der Waals surface area (Å²) in [5.41, 5.74) is 1.93. The van der Waals surface area contributed by atoms with E-state index in [1.807, 2.05) is 44.2 Å². The molecule has 2 N–H and O–H groups in total. The fraction of sp³-hybridized carbons (Fsp3) is 0.286. The fourth-order valence-corrected chi connectivity index (χ4v) is 2.94. The highest BCUT2D eigenvalue weighted by atomic mass is 35.5. The van der Waals surface area contributed by atoms with E-state index < -0.39 is 0 Å². The highest BCUT2D eigenvalue weighted by Crippen LogP contribution is 2.14. The number of fused-ring (bicyclic) bond motifs is 1. The first-order valence-electron chi connectivity index (χ1n) is 9.30. The van der Waals surface area contributed by atoms with Crippen LogP contribution in [-0.2, 0) is 6.42 Å². The van der Waals surface area contributed by atoms with Gasteiger partial charge in [0, 0.05) is 23.8 Å². The number of carbonyl (C=O) groups is 2. The molecule has 1 unspecified atom stereocenters. The van der Waals surface area contributed by atoms with Crippen molar-refractivity contribution in [3.63, 3.8) is 0 Å². The van der Waals surface area contributed by atoms with Gasteiger partial charge in [0.2, 0.25) is 5.82 Å². The van der Waals surface area contributed by atoms with Crippen LogP contribution in [0.15, 0.2) is 48.7 Å². The molecule has 7 heteroatoms. The van der Waals surface area contributed by atoms with Crippen molar-refractivity contribution in [3.05, 3.63) is 70.8 Å². The summed E-state index contributed by atoms with van der Waals surface area (Å²) >= 11 is 5.89. The second-order valence-electron chi connectivity index (χ2n) is 6.66. The summed E-state index contributed by atoms with van der Waals surface area (Å²) in [6.07, 6.45) is 3.22. The molecule has 28 heavy (non-hydrogen) atoms. The van der Waals surface area contributed by atoms with E-state index in [2.05, 4.69) is 15.6 Å². The lowest BCUT2D eigenvalue weighted by molar-refractivity contribution is 0.0936. The second kappa shape index (κ2) is 8.89. The summed E-state index contributed by atoms with van der Waals surface area (Å²) in [6, 6.07) is 12.9. The number of benzene rings is 1. The van der Waals surface area contributed by atoms with Crippen LogP contribution in [0.5, 0.6) is 0 Å². The molecule has 0 aliphatic heterocycles. The van der Waals surface area contributed by atoms with Crippen molar-refractivity contribution in [2.75, 3.05) is 6.54 Å². The van der Waals surface area contributed by atoms with Gasteiger partial charge in [0.05, 0.1) is 5.52 Å². The van der Waals surface area contributed by atoms with Crippen molar-refractivity contribution in [2.24, 2.45) is 0 Å². The van der Waals surface area contributed by atoms with E-state index in [-0.39, 0.29) is 29.4 Å². The summed E-state index contributed by atoms with van der Waals surface area (Å²) in [7, 11) is 0. The number of hydrogen-bond donors (Lipinski definition) is 2. The SMILES string of the molecule is CCC(C)NC(=O)c1nc(C(=O)NCCc2ccc(Cl)cc2)n2ccccc12. The normalized spacial score (nSPS) is 12.0. The van der Waals surface area contributed by atoms with Crippen LogP contribution < -0.4 is 10.6 Å². The van der Waals surface area contributed by atoms with E-state index in [1.165, 1.54) is 0 Å². The third-order valence-corrected chi connectivity index (χ3v) is 4.82. The Morgan fingerprint density at radius 3 is 2.61 bits per heavy atom. The van der Waals surface area contributed by atoms with Gasteiger partial charge in [-0.1, -0.05) is 36.7 Å². The maximum absolute atomic E-state index is 12.7. The van der Waals surface area contributed by atoms with E-state index in [1.54, 1.807) is 22.7 Å². The first kappa shape index (κ1) is 19.9. The van der Waals surface area contributed by atoms with Gasteiger partial charge < -0.3 is 10.6 Å². The Morgan fingerprint density at radius 1 is 1.14 bits per heavy atom. The summed E-state index contributed by atoms with van der Waals surface area (Å²) in [6.45, 7) is 4.38. The van der Waals surface area contributed by atoms with Crippen molar-refractivity contribution in [3.8, 4) is 0 Å². The molecular formula is C21H23ClN4O2. The zero-order chi connectivity index (χ0) is 20.1. The van der Waals surface area contributed by atoms with E-state index in [0.29, 0.717) is 23.5 Å². The van der Waals surface area contributed by atoms with Crippen LogP contribution in [0.4, 0.5) is 0 Å². The maximum Gasteiger partial charge on any atom is 0.287 e. The smallest absolute Gasteiger partial charge is 0.287 e. The van der Waals surface area contributed by atoms with Crippen molar-refractivity contribution >= 4 is 28.9 Å². The molecule has 2 aromatic heterocycles. The van der Waals surface area contributed by atoms with Gasteiger partial charge in [-0.25, -0.2) is 4.98 Å². The number of amides is 2. The predicted octanol–water partition coefficient (Wildman–Crippen LogP) is 3.49. The molecule has 3 aromatic rings. The molecule has 0 fully saturated rings. The highest BCUT2D eigenvalue weighted by Gasteiger charge is 2.21. The third kappa shape index (κ3) is 4.51. The lowest BCUT2D eigenvalue weighted by Crippen LogP contribution is -2.32. The standard InChI is InChI=1S/C21H23ClN4O2/c1-3-14(2)24-20(27)18-17-6-4-5-13-26(17)19(25-18)21(28)23-12-11-15-7-9-16(22)10-8-15/h4-10,13-14H,3,11-12H2,1-2H3,(H,23,28)(H,24,27). The maximum atomic E-state index is 12.7. The van der Waals surface area contributed by atoms with E-state index in [4.69, 9.17) is 11.6 Å². The minimum absolute atomic E-state index is 0.0321. The molecule has 6 nitrogen and oxygen atoms in total. The van der Waals surface area contributed by atoms with Gasteiger partial charge in [-0.3, -0.25) is 14.0 Å². The Morgan fingerprint density at radius 2 is 1.89 bits per heavy atom. The zero-order valence-corrected chi connectivity index (χ0v) is 16.7. The number of carbonyl (C=O) groups excluding carboxylic acids is 2. The number of aromatic nitrogens is 2. The second-order valence-corrected chi connectivity index (χ2v) is 7.09. The minimum atomic E-state index is -0.322. The third-order valence-electron chi connectivity index (χ3n) is 4.57. The van der Waals surface area contributed by atoms with E-state index >= 15 is 0 Å². The van der Waals surface area contributed by atoms with Gasteiger partial charge in [-0.2, -0.15) is 0 Å². The first-order chi connectivity index (χ1) is 13.5. The number of halogens is 1. The molecule has 0 aliphatic carbocycles. The van der Waals surface area contributed by atoms with Crippen LogP contribution in [0.2, 0.25) is 5.02 Å². The number of nitrogens with one attached hydrogen (secondary N) is 2. The van der Waals surface area contributed by atoms with Crippen LogP contribution >= 0.6 is 11.6 Å². The molecule has 2 heterocycles. The molecule has 0 aliphatic rings. The first-order valence-corrected chi connectivity index (χ1v) is 9.68. The van der Waals surface area contributed by atoms with Crippen LogP contribution in [-0.4, -0.2) is 33.8 Å². The number of hydrogen-bond acceptors (Lipinski definition) is 3. The highest BCUT2D eigenvalue weighted by molar-refractivity contribution is 6.30. The molecule has 0 radical (unpaired) electrons. The predicted molar refractivity (Wildman–Crippen MR) is 110 cm³/mol. The Labute approximate surface area is 168 Å². The minimum Gasteiger partial charge on any atom is -0.349 e.